The topological polar surface area (TPSA) is 38.9 Å². The lowest BCUT2D eigenvalue weighted by molar-refractivity contribution is 0.689. The predicted molar refractivity (Wildman–Crippen MR) is 55.3 cm³/mol. The summed E-state index contributed by atoms with van der Waals surface area (Å²) in [4.78, 5) is 3.96. The van der Waals surface area contributed by atoms with Gasteiger partial charge in [-0.2, -0.15) is 0 Å². The average molecular weight is 176 g/mol. The molecule has 0 radical (unpaired) electrons. The molecule has 1 unspecified atom stereocenters. The van der Waals surface area contributed by atoms with E-state index in [0.717, 1.165) is 18.4 Å². The van der Waals surface area contributed by atoms with Gasteiger partial charge in [-0.15, -0.1) is 0 Å². The van der Waals surface area contributed by atoms with E-state index in [2.05, 4.69) is 11.6 Å². The molecule has 0 aliphatic rings. The Morgan fingerprint density at radius 2 is 2.15 bits per heavy atom. The molecule has 2 heteroatoms. The normalized spacial score (nSPS) is 12.5. The van der Waals surface area contributed by atoms with Gasteiger partial charge < -0.3 is 5.73 Å². The zero-order chi connectivity index (χ0) is 9.68. The maximum atomic E-state index is 5.85. The van der Waals surface area contributed by atoms with Crippen molar-refractivity contribution >= 4 is 0 Å². The third-order valence-electron chi connectivity index (χ3n) is 2.13. The standard InChI is InChI=1S/C11H16N2/c1-9(2)11(12)4-3-10-5-7-13-8-6-10/h5-8,11H,1,3-4,12H2,2H3. The number of hydrogen-bond donors (Lipinski definition) is 1. The minimum absolute atomic E-state index is 0.119. The molecule has 0 spiro atoms. The molecule has 2 N–H and O–H groups in total. The molecule has 13 heavy (non-hydrogen) atoms. The quantitative estimate of drug-likeness (QED) is 0.712. The summed E-state index contributed by atoms with van der Waals surface area (Å²) in [6.07, 6.45) is 5.57. The van der Waals surface area contributed by atoms with Crippen LogP contribution in [0.25, 0.3) is 0 Å². The van der Waals surface area contributed by atoms with Gasteiger partial charge in [-0.3, -0.25) is 4.98 Å². The number of rotatable bonds is 4. The van der Waals surface area contributed by atoms with E-state index in [1.54, 1.807) is 0 Å². The minimum Gasteiger partial charge on any atom is -0.324 e. The molecule has 0 aliphatic heterocycles. The zero-order valence-corrected chi connectivity index (χ0v) is 8.03. The summed E-state index contributed by atoms with van der Waals surface area (Å²) in [5.41, 5.74) is 8.18. The molecule has 1 atom stereocenters. The molecule has 1 aromatic rings. The highest BCUT2D eigenvalue weighted by Crippen LogP contribution is 2.06. The van der Waals surface area contributed by atoms with Crippen LogP contribution < -0.4 is 5.73 Å². The Morgan fingerprint density at radius 1 is 1.54 bits per heavy atom. The molecular weight excluding hydrogens is 160 g/mol. The molecule has 0 aliphatic carbocycles. The highest BCUT2D eigenvalue weighted by Gasteiger charge is 2.02. The molecule has 0 fully saturated rings. The zero-order valence-electron chi connectivity index (χ0n) is 8.03. The highest BCUT2D eigenvalue weighted by atomic mass is 14.6. The monoisotopic (exact) mass is 176 g/mol. The van der Waals surface area contributed by atoms with Crippen LogP contribution >= 0.6 is 0 Å². The predicted octanol–water partition coefficient (Wildman–Crippen LogP) is 1.92. The lowest BCUT2D eigenvalue weighted by atomic mass is 10.0. The summed E-state index contributed by atoms with van der Waals surface area (Å²) in [5.74, 6) is 0. The van der Waals surface area contributed by atoms with Gasteiger partial charge in [0.25, 0.3) is 0 Å². The van der Waals surface area contributed by atoms with Gasteiger partial charge in [0.1, 0.15) is 0 Å². The van der Waals surface area contributed by atoms with Gasteiger partial charge in [-0.25, -0.2) is 0 Å². The number of aromatic nitrogens is 1. The molecule has 70 valence electrons. The van der Waals surface area contributed by atoms with Crippen LogP contribution in [0.1, 0.15) is 18.9 Å². The van der Waals surface area contributed by atoms with Crippen LogP contribution in [0.15, 0.2) is 36.7 Å². The molecular formula is C11H16N2. The Balaban J connectivity index is 2.39. The van der Waals surface area contributed by atoms with Crippen LogP contribution in [0.3, 0.4) is 0 Å². The highest BCUT2D eigenvalue weighted by molar-refractivity contribution is 5.11. The number of nitrogens with two attached hydrogens (primary N) is 1. The summed E-state index contributed by atoms with van der Waals surface area (Å²) in [5, 5.41) is 0. The SMILES string of the molecule is C=C(C)C(N)CCc1ccncc1. The molecule has 0 saturated carbocycles. The van der Waals surface area contributed by atoms with Crippen LogP contribution in [0.5, 0.6) is 0 Å². The second kappa shape index (κ2) is 4.77. The Morgan fingerprint density at radius 3 is 2.69 bits per heavy atom. The summed E-state index contributed by atoms with van der Waals surface area (Å²) in [7, 11) is 0. The fraction of sp³-hybridized carbons (Fsp3) is 0.364. The average Bonchev–Trinajstić information content (AvgIpc) is 2.15. The van der Waals surface area contributed by atoms with Gasteiger partial charge in [-0.05, 0) is 37.5 Å². The van der Waals surface area contributed by atoms with Crippen molar-refractivity contribution in [2.24, 2.45) is 5.73 Å². The molecule has 0 aromatic carbocycles. The summed E-state index contributed by atoms with van der Waals surface area (Å²) < 4.78 is 0. The van der Waals surface area contributed by atoms with Gasteiger partial charge in [0.2, 0.25) is 0 Å². The first kappa shape index (κ1) is 9.93. The van der Waals surface area contributed by atoms with Gasteiger partial charge >= 0.3 is 0 Å². The molecule has 0 saturated heterocycles. The van der Waals surface area contributed by atoms with E-state index < -0.39 is 0 Å². The van der Waals surface area contributed by atoms with Crippen LogP contribution in [-0.4, -0.2) is 11.0 Å². The minimum atomic E-state index is 0.119. The fourth-order valence-electron chi connectivity index (χ4n) is 1.12. The molecule has 1 heterocycles. The number of aryl methyl sites for hydroxylation is 1. The van der Waals surface area contributed by atoms with Gasteiger partial charge in [-0.1, -0.05) is 12.2 Å². The van der Waals surface area contributed by atoms with Crippen LogP contribution in [0.4, 0.5) is 0 Å². The number of hydrogen-bond acceptors (Lipinski definition) is 2. The maximum Gasteiger partial charge on any atom is 0.0270 e. The molecule has 1 aromatic heterocycles. The Bertz CT molecular complexity index is 267. The lowest BCUT2D eigenvalue weighted by Crippen LogP contribution is -2.21. The molecule has 0 bridgehead atoms. The van der Waals surface area contributed by atoms with E-state index >= 15 is 0 Å². The molecule has 0 amide bonds. The number of pyridine rings is 1. The smallest absolute Gasteiger partial charge is 0.0270 e. The Hall–Kier alpha value is -1.15. The molecule has 2 nitrogen and oxygen atoms in total. The van der Waals surface area contributed by atoms with Crippen LogP contribution in [-0.2, 0) is 6.42 Å². The number of nitrogens with zero attached hydrogens (tertiary/aromatic N) is 1. The van der Waals surface area contributed by atoms with E-state index in [4.69, 9.17) is 5.73 Å². The van der Waals surface area contributed by atoms with E-state index in [9.17, 15) is 0 Å². The van der Waals surface area contributed by atoms with Crippen LogP contribution in [0, 0.1) is 0 Å². The Kier molecular flexibility index (Phi) is 3.65. The maximum absolute atomic E-state index is 5.85. The van der Waals surface area contributed by atoms with Crippen molar-refractivity contribution in [1.29, 1.82) is 0 Å². The van der Waals surface area contributed by atoms with Crippen LogP contribution in [0.2, 0.25) is 0 Å². The largest absolute Gasteiger partial charge is 0.324 e. The first-order valence-electron chi connectivity index (χ1n) is 4.50. The third kappa shape index (κ3) is 3.38. The lowest BCUT2D eigenvalue weighted by Gasteiger charge is -2.10. The van der Waals surface area contributed by atoms with Crippen molar-refractivity contribution in [3.63, 3.8) is 0 Å². The first-order valence-corrected chi connectivity index (χ1v) is 4.50. The Labute approximate surface area is 79.5 Å². The second-order valence-electron chi connectivity index (χ2n) is 3.35. The fourth-order valence-corrected chi connectivity index (χ4v) is 1.12. The first-order chi connectivity index (χ1) is 6.20. The molecule has 1 rings (SSSR count). The van der Waals surface area contributed by atoms with Crippen molar-refractivity contribution in [3.05, 3.63) is 42.2 Å². The van der Waals surface area contributed by atoms with Crippen molar-refractivity contribution in [2.75, 3.05) is 0 Å². The van der Waals surface area contributed by atoms with Crippen molar-refractivity contribution in [1.82, 2.24) is 4.98 Å². The van der Waals surface area contributed by atoms with E-state index in [-0.39, 0.29) is 6.04 Å². The van der Waals surface area contributed by atoms with Gasteiger partial charge in [0, 0.05) is 18.4 Å². The van der Waals surface area contributed by atoms with Gasteiger partial charge in [0.05, 0.1) is 0 Å². The van der Waals surface area contributed by atoms with Gasteiger partial charge in [0.15, 0.2) is 0 Å². The summed E-state index contributed by atoms with van der Waals surface area (Å²) in [6.45, 7) is 5.80. The van der Waals surface area contributed by atoms with Crippen molar-refractivity contribution in [2.45, 2.75) is 25.8 Å². The van der Waals surface area contributed by atoms with Crippen molar-refractivity contribution in [3.8, 4) is 0 Å². The summed E-state index contributed by atoms with van der Waals surface area (Å²) in [6, 6.07) is 4.16. The van der Waals surface area contributed by atoms with E-state index in [0.29, 0.717) is 0 Å². The third-order valence-corrected chi connectivity index (χ3v) is 2.13. The second-order valence-corrected chi connectivity index (χ2v) is 3.35. The van der Waals surface area contributed by atoms with E-state index in [1.807, 2.05) is 31.5 Å². The van der Waals surface area contributed by atoms with Crippen molar-refractivity contribution < 1.29 is 0 Å². The summed E-state index contributed by atoms with van der Waals surface area (Å²) >= 11 is 0. The van der Waals surface area contributed by atoms with E-state index in [1.165, 1.54) is 5.56 Å².